The number of hydrazine groups is 1. The summed E-state index contributed by atoms with van der Waals surface area (Å²) in [5, 5.41) is 5.81. The summed E-state index contributed by atoms with van der Waals surface area (Å²) in [7, 11) is 3.18. The molecule has 40 heavy (non-hydrogen) atoms. The van der Waals surface area contributed by atoms with Gasteiger partial charge in [0.1, 0.15) is 18.0 Å². The van der Waals surface area contributed by atoms with Crippen LogP contribution in [0.1, 0.15) is 23.1 Å². The first-order chi connectivity index (χ1) is 19.0. The van der Waals surface area contributed by atoms with Crippen LogP contribution in [0.15, 0.2) is 48.5 Å². The van der Waals surface area contributed by atoms with Crippen LogP contribution < -0.4 is 10.1 Å². The number of nitrogens with zero attached hydrogens (tertiary/aromatic N) is 4. The average Bonchev–Trinajstić information content (AvgIpc) is 2.92. The standard InChI is InChI=1S/C27H32F3N5O4S/c1-32-17-24(36)34-22(11-12-40-3)25(37)33(15-19-5-4-6-20(13-19)27(28,29)30)16-23(34)35(32)26(38)31-14-18-7-9-21(39-2)10-8-18/h4-10,13,22-23H,11-12,14-17H2,1-3H3,(H,31,38)/t22-,23-/m0/s1. The number of likely N-dealkylation sites (N-methyl/N-ethyl adjacent to an activating group) is 1. The molecule has 1 N–H and O–H groups in total. The molecule has 0 radical (unpaired) electrons. The molecular formula is C27H32F3N5O4S. The minimum absolute atomic E-state index is 0.0448. The number of carbonyl (C=O) groups is 3. The molecule has 13 heteroatoms. The number of alkyl halides is 3. The van der Waals surface area contributed by atoms with Gasteiger partial charge in [0.2, 0.25) is 11.8 Å². The van der Waals surface area contributed by atoms with Gasteiger partial charge in [-0.15, -0.1) is 0 Å². The Morgan fingerprint density at radius 2 is 1.85 bits per heavy atom. The van der Waals surface area contributed by atoms with Crippen molar-refractivity contribution in [1.29, 1.82) is 0 Å². The number of carbonyl (C=O) groups excluding carboxylic acids is 3. The van der Waals surface area contributed by atoms with Crippen LogP contribution in [0.5, 0.6) is 5.75 Å². The van der Waals surface area contributed by atoms with Gasteiger partial charge in [-0.25, -0.2) is 14.8 Å². The van der Waals surface area contributed by atoms with Crippen LogP contribution in [0, 0.1) is 0 Å². The van der Waals surface area contributed by atoms with Gasteiger partial charge in [-0.1, -0.05) is 24.3 Å². The van der Waals surface area contributed by atoms with Gasteiger partial charge < -0.3 is 19.9 Å². The van der Waals surface area contributed by atoms with E-state index in [2.05, 4.69) is 5.32 Å². The Hall–Kier alpha value is -3.45. The predicted octanol–water partition coefficient (Wildman–Crippen LogP) is 3.40. The molecule has 2 aliphatic rings. The summed E-state index contributed by atoms with van der Waals surface area (Å²) in [6.07, 6.45) is -3.10. The number of piperazine rings is 1. The summed E-state index contributed by atoms with van der Waals surface area (Å²) in [5.41, 5.74) is 0.345. The molecule has 9 nitrogen and oxygen atoms in total. The largest absolute Gasteiger partial charge is 0.497 e. The zero-order valence-electron chi connectivity index (χ0n) is 22.5. The summed E-state index contributed by atoms with van der Waals surface area (Å²) in [6, 6.07) is 10.7. The number of urea groups is 1. The van der Waals surface area contributed by atoms with E-state index < -0.39 is 30.0 Å². The van der Waals surface area contributed by atoms with Crippen LogP contribution in [0.4, 0.5) is 18.0 Å². The van der Waals surface area contributed by atoms with Gasteiger partial charge in [-0.3, -0.25) is 9.59 Å². The fourth-order valence-electron chi connectivity index (χ4n) is 5.02. The van der Waals surface area contributed by atoms with E-state index in [9.17, 15) is 27.6 Å². The van der Waals surface area contributed by atoms with E-state index in [1.165, 1.54) is 43.7 Å². The van der Waals surface area contributed by atoms with Crippen molar-refractivity contribution in [2.75, 3.05) is 39.3 Å². The van der Waals surface area contributed by atoms with E-state index >= 15 is 0 Å². The van der Waals surface area contributed by atoms with E-state index in [1.807, 2.05) is 18.4 Å². The van der Waals surface area contributed by atoms with E-state index in [0.717, 1.165) is 17.7 Å². The third-order valence-corrected chi connectivity index (χ3v) is 7.62. The first kappa shape index (κ1) is 29.5. The number of thioether (sulfide) groups is 1. The van der Waals surface area contributed by atoms with Crippen molar-refractivity contribution in [1.82, 2.24) is 25.1 Å². The second kappa shape index (κ2) is 12.4. The van der Waals surface area contributed by atoms with Crippen LogP contribution in [0.3, 0.4) is 0 Å². The lowest BCUT2D eigenvalue weighted by Gasteiger charge is -2.54. The Bertz CT molecular complexity index is 1230. The van der Waals surface area contributed by atoms with E-state index in [-0.39, 0.29) is 38.0 Å². The molecule has 4 amide bonds. The normalized spacial score (nSPS) is 20.0. The molecule has 2 saturated heterocycles. The van der Waals surface area contributed by atoms with Crippen molar-refractivity contribution < 1.29 is 32.3 Å². The lowest BCUT2D eigenvalue weighted by atomic mass is 10.0. The highest BCUT2D eigenvalue weighted by Gasteiger charge is 2.50. The summed E-state index contributed by atoms with van der Waals surface area (Å²) in [6.45, 7) is -0.00129. The molecule has 0 aliphatic carbocycles. The number of methoxy groups -OCH3 is 1. The molecule has 0 unspecified atom stereocenters. The fourth-order valence-corrected chi connectivity index (χ4v) is 5.48. The van der Waals surface area contributed by atoms with Crippen molar-refractivity contribution in [2.24, 2.45) is 0 Å². The van der Waals surface area contributed by atoms with Gasteiger partial charge in [0.15, 0.2) is 0 Å². The molecule has 2 aromatic carbocycles. The fraction of sp³-hybridized carbons (Fsp3) is 0.444. The number of fused-ring (bicyclic) bond motifs is 1. The third-order valence-electron chi connectivity index (χ3n) is 6.97. The third kappa shape index (κ3) is 6.47. The molecule has 4 rings (SSSR count). The minimum atomic E-state index is -4.52. The number of amides is 4. The zero-order valence-corrected chi connectivity index (χ0v) is 23.3. The highest BCUT2D eigenvalue weighted by Crippen LogP contribution is 2.32. The maximum Gasteiger partial charge on any atom is 0.416 e. The van der Waals surface area contributed by atoms with Gasteiger partial charge in [0, 0.05) is 20.1 Å². The first-order valence-corrected chi connectivity index (χ1v) is 14.1. The van der Waals surface area contributed by atoms with E-state index in [4.69, 9.17) is 4.74 Å². The molecule has 216 valence electrons. The SMILES string of the molecule is COc1ccc(CNC(=O)N2[C@H]3CN(Cc4cccc(C(F)(F)F)c4)C(=O)[C@H](CCSC)N3C(=O)CN2C)cc1. The first-order valence-electron chi connectivity index (χ1n) is 12.7. The molecule has 2 aliphatic heterocycles. The number of rotatable bonds is 8. The molecule has 2 heterocycles. The zero-order chi connectivity index (χ0) is 29.0. The Kier molecular flexibility index (Phi) is 9.14. The van der Waals surface area contributed by atoms with Crippen LogP contribution in [0.25, 0.3) is 0 Å². The maximum absolute atomic E-state index is 13.6. The Morgan fingerprint density at radius 1 is 1.12 bits per heavy atom. The van der Waals surface area contributed by atoms with E-state index in [1.54, 1.807) is 26.3 Å². The minimum Gasteiger partial charge on any atom is -0.497 e. The Labute approximate surface area is 235 Å². The molecule has 0 bridgehead atoms. The highest BCUT2D eigenvalue weighted by atomic mass is 32.2. The van der Waals surface area contributed by atoms with Crippen LogP contribution in [-0.4, -0.2) is 89.1 Å². The highest BCUT2D eigenvalue weighted by molar-refractivity contribution is 7.98. The maximum atomic E-state index is 13.6. The summed E-state index contributed by atoms with van der Waals surface area (Å²) in [4.78, 5) is 43.2. The predicted molar refractivity (Wildman–Crippen MR) is 144 cm³/mol. The van der Waals surface area contributed by atoms with Crippen molar-refractivity contribution in [3.63, 3.8) is 0 Å². The number of ether oxygens (including phenoxy) is 1. The average molecular weight is 580 g/mol. The number of nitrogens with one attached hydrogen (secondary N) is 1. The summed E-state index contributed by atoms with van der Waals surface area (Å²) < 4.78 is 45.1. The smallest absolute Gasteiger partial charge is 0.416 e. The Balaban J connectivity index is 1.59. The van der Waals surface area contributed by atoms with Crippen LogP contribution in [-0.2, 0) is 28.9 Å². The van der Waals surface area contributed by atoms with Gasteiger partial charge in [-0.2, -0.15) is 24.9 Å². The molecule has 0 aromatic heterocycles. The lowest BCUT2D eigenvalue weighted by molar-refractivity contribution is -0.187. The van der Waals surface area contributed by atoms with Gasteiger partial charge in [0.05, 0.1) is 25.8 Å². The van der Waals surface area contributed by atoms with E-state index in [0.29, 0.717) is 23.5 Å². The summed E-state index contributed by atoms with van der Waals surface area (Å²) >= 11 is 1.52. The Morgan fingerprint density at radius 3 is 2.50 bits per heavy atom. The number of hydrogen-bond acceptors (Lipinski definition) is 6. The quantitative estimate of drug-likeness (QED) is 0.516. The molecular weight excluding hydrogens is 547 g/mol. The topological polar surface area (TPSA) is 85.4 Å². The van der Waals surface area contributed by atoms with Crippen molar-refractivity contribution in [3.05, 3.63) is 65.2 Å². The van der Waals surface area contributed by atoms with Gasteiger partial charge in [0.25, 0.3) is 0 Å². The molecule has 2 aromatic rings. The van der Waals surface area contributed by atoms with Gasteiger partial charge in [-0.05, 0) is 53.8 Å². The molecule has 2 atom stereocenters. The van der Waals surface area contributed by atoms with Crippen molar-refractivity contribution >= 4 is 29.6 Å². The molecule has 2 fully saturated rings. The molecule has 0 saturated carbocycles. The molecule has 0 spiro atoms. The monoisotopic (exact) mass is 579 g/mol. The van der Waals surface area contributed by atoms with Crippen molar-refractivity contribution in [2.45, 2.75) is 37.9 Å². The van der Waals surface area contributed by atoms with Gasteiger partial charge >= 0.3 is 12.2 Å². The number of halogens is 3. The van der Waals surface area contributed by atoms with Crippen LogP contribution >= 0.6 is 11.8 Å². The second-order valence-corrected chi connectivity index (χ2v) is 10.6. The number of hydrogen-bond donors (Lipinski definition) is 1. The lowest BCUT2D eigenvalue weighted by Crippen LogP contribution is -2.75. The summed E-state index contributed by atoms with van der Waals surface area (Å²) in [5.74, 6) is 0.636. The second-order valence-electron chi connectivity index (χ2n) is 9.66. The van der Waals surface area contributed by atoms with Crippen LogP contribution in [0.2, 0.25) is 0 Å². The van der Waals surface area contributed by atoms with Crippen molar-refractivity contribution in [3.8, 4) is 5.75 Å². The number of benzene rings is 2.